The molecule has 0 aliphatic heterocycles. The van der Waals surface area contributed by atoms with Gasteiger partial charge in [-0.05, 0) is 31.0 Å². The van der Waals surface area contributed by atoms with Crippen LogP contribution >= 0.6 is 11.3 Å². The fourth-order valence-electron chi connectivity index (χ4n) is 1.88. The van der Waals surface area contributed by atoms with Gasteiger partial charge >= 0.3 is 0 Å². The molecule has 1 heterocycles. The van der Waals surface area contributed by atoms with E-state index in [0.717, 1.165) is 16.1 Å². The molecule has 2 rings (SSSR count). The van der Waals surface area contributed by atoms with Gasteiger partial charge in [-0.3, -0.25) is 4.79 Å². The average Bonchev–Trinajstić information content (AvgIpc) is 2.89. The van der Waals surface area contributed by atoms with Gasteiger partial charge in [-0.1, -0.05) is 6.07 Å². The van der Waals surface area contributed by atoms with Gasteiger partial charge in [-0.25, -0.2) is 4.98 Å². The Bertz CT molecular complexity index is 620. The molecule has 2 aromatic rings. The molecular weight excluding hydrogens is 260 g/mol. The molecule has 0 unspecified atom stereocenters. The molecule has 0 spiro atoms. The molecule has 0 aliphatic carbocycles. The number of rotatable bonds is 4. The van der Waals surface area contributed by atoms with E-state index in [2.05, 4.69) is 4.98 Å². The molecule has 2 N–H and O–H groups in total. The quantitative estimate of drug-likeness (QED) is 0.871. The molecule has 0 amide bonds. The van der Waals surface area contributed by atoms with E-state index in [9.17, 15) is 4.79 Å². The SMILES string of the molecule is COc1c(C(=O)c2csc(CN)n2)ccc(C)c1C. The lowest BCUT2D eigenvalue weighted by atomic mass is 10.0. The molecule has 0 fully saturated rings. The maximum atomic E-state index is 12.4. The number of ketones is 1. The third-order valence-corrected chi connectivity index (χ3v) is 3.96. The predicted molar refractivity (Wildman–Crippen MR) is 75.9 cm³/mol. The van der Waals surface area contributed by atoms with Crippen molar-refractivity contribution >= 4 is 17.1 Å². The summed E-state index contributed by atoms with van der Waals surface area (Å²) in [4.78, 5) is 16.7. The standard InChI is InChI=1S/C14H16N2O2S/c1-8-4-5-10(14(18-3)9(8)2)13(17)11-7-19-12(6-15)16-11/h4-5,7H,6,15H2,1-3H3. The molecule has 0 radical (unpaired) electrons. The van der Waals surface area contributed by atoms with E-state index in [4.69, 9.17) is 10.5 Å². The minimum Gasteiger partial charge on any atom is -0.496 e. The second-order valence-corrected chi connectivity index (χ2v) is 5.19. The van der Waals surface area contributed by atoms with Crippen LogP contribution in [-0.4, -0.2) is 17.9 Å². The van der Waals surface area contributed by atoms with Gasteiger partial charge in [0, 0.05) is 11.9 Å². The molecule has 19 heavy (non-hydrogen) atoms. The Labute approximate surface area is 116 Å². The van der Waals surface area contributed by atoms with Crippen molar-refractivity contribution in [2.24, 2.45) is 5.73 Å². The zero-order valence-electron chi connectivity index (χ0n) is 11.2. The van der Waals surface area contributed by atoms with Crippen molar-refractivity contribution in [1.82, 2.24) is 4.98 Å². The summed E-state index contributed by atoms with van der Waals surface area (Å²) in [6.45, 7) is 4.28. The number of ether oxygens (including phenoxy) is 1. The van der Waals surface area contributed by atoms with E-state index in [1.807, 2.05) is 19.9 Å². The third kappa shape index (κ3) is 2.52. The molecule has 0 saturated carbocycles. The Morgan fingerprint density at radius 1 is 1.42 bits per heavy atom. The van der Waals surface area contributed by atoms with E-state index < -0.39 is 0 Å². The number of aromatic nitrogens is 1. The van der Waals surface area contributed by atoms with E-state index in [0.29, 0.717) is 23.6 Å². The van der Waals surface area contributed by atoms with E-state index in [1.54, 1.807) is 18.6 Å². The largest absolute Gasteiger partial charge is 0.496 e. The molecule has 0 atom stereocenters. The van der Waals surface area contributed by atoms with E-state index >= 15 is 0 Å². The molecule has 4 nitrogen and oxygen atoms in total. The van der Waals surface area contributed by atoms with Crippen molar-refractivity contribution in [1.29, 1.82) is 0 Å². The summed E-state index contributed by atoms with van der Waals surface area (Å²) >= 11 is 1.40. The Kier molecular flexibility index (Phi) is 3.97. The van der Waals surface area contributed by atoms with Crippen LogP contribution in [-0.2, 0) is 6.54 Å². The highest BCUT2D eigenvalue weighted by atomic mass is 32.1. The smallest absolute Gasteiger partial charge is 0.215 e. The number of methoxy groups -OCH3 is 1. The number of nitrogens with zero attached hydrogens (tertiary/aromatic N) is 1. The summed E-state index contributed by atoms with van der Waals surface area (Å²) in [5.74, 6) is 0.489. The highest BCUT2D eigenvalue weighted by molar-refractivity contribution is 7.09. The van der Waals surface area contributed by atoms with Gasteiger partial charge in [-0.2, -0.15) is 0 Å². The van der Waals surface area contributed by atoms with Crippen LogP contribution < -0.4 is 10.5 Å². The van der Waals surface area contributed by atoms with Crippen molar-refractivity contribution in [2.75, 3.05) is 7.11 Å². The first-order chi connectivity index (χ1) is 9.08. The lowest BCUT2D eigenvalue weighted by molar-refractivity contribution is 0.103. The molecule has 0 bridgehead atoms. The molecule has 1 aromatic heterocycles. The van der Waals surface area contributed by atoms with Crippen LogP contribution in [0.5, 0.6) is 5.75 Å². The van der Waals surface area contributed by atoms with Gasteiger partial charge in [-0.15, -0.1) is 11.3 Å². The topological polar surface area (TPSA) is 65.2 Å². The second kappa shape index (κ2) is 5.50. The van der Waals surface area contributed by atoms with Gasteiger partial charge in [0.2, 0.25) is 5.78 Å². The van der Waals surface area contributed by atoms with Gasteiger partial charge < -0.3 is 10.5 Å². The molecule has 0 saturated heterocycles. The lowest BCUT2D eigenvalue weighted by Crippen LogP contribution is -2.07. The highest BCUT2D eigenvalue weighted by Gasteiger charge is 2.19. The normalized spacial score (nSPS) is 10.5. The Morgan fingerprint density at radius 3 is 2.74 bits per heavy atom. The fraction of sp³-hybridized carbons (Fsp3) is 0.286. The Morgan fingerprint density at radius 2 is 2.16 bits per heavy atom. The third-order valence-electron chi connectivity index (χ3n) is 3.08. The average molecular weight is 276 g/mol. The van der Waals surface area contributed by atoms with Crippen LogP contribution in [0.4, 0.5) is 0 Å². The van der Waals surface area contributed by atoms with Crippen molar-refractivity contribution in [3.8, 4) is 5.75 Å². The summed E-state index contributed by atoms with van der Waals surface area (Å²) in [5.41, 5.74) is 8.54. The first-order valence-electron chi connectivity index (χ1n) is 5.91. The molecular formula is C14H16N2O2S. The molecule has 0 aliphatic rings. The van der Waals surface area contributed by atoms with Gasteiger partial charge in [0.25, 0.3) is 0 Å². The van der Waals surface area contributed by atoms with Crippen molar-refractivity contribution < 1.29 is 9.53 Å². The van der Waals surface area contributed by atoms with Crippen molar-refractivity contribution in [3.63, 3.8) is 0 Å². The van der Waals surface area contributed by atoms with Crippen molar-refractivity contribution in [3.05, 3.63) is 44.9 Å². The summed E-state index contributed by atoms with van der Waals surface area (Å²) in [7, 11) is 1.57. The highest BCUT2D eigenvalue weighted by Crippen LogP contribution is 2.28. The van der Waals surface area contributed by atoms with Crippen LogP contribution in [0, 0.1) is 13.8 Å². The minimum atomic E-state index is -0.129. The summed E-state index contributed by atoms with van der Waals surface area (Å²) in [6, 6.07) is 3.70. The number of hydrogen-bond donors (Lipinski definition) is 1. The van der Waals surface area contributed by atoms with E-state index in [-0.39, 0.29) is 5.78 Å². The number of nitrogens with two attached hydrogens (primary N) is 1. The van der Waals surface area contributed by atoms with Crippen LogP contribution in [0.25, 0.3) is 0 Å². The zero-order valence-corrected chi connectivity index (χ0v) is 12.0. The Hall–Kier alpha value is -1.72. The second-order valence-electron chi connectivity index (χ2n) is 4.25. The monoisotopic (exact) mass is 276 g/mol. The summed E-state index contributed by atoms with van der Waals surface area (Å²) in [6.07, 6.45) is 0. The van der Waals surface area contributed by atoms with Crippen LogP contribution in [0.1, 0.15) is 32.2 Å². The van der Waals surface area contributed by atoms with Gasteiger partial charge in [0.15, 0.2) is 0 Å². The summed E-state index contributed by atoms with van der Waals surface area (Å²) < 4.78 is 5.36. The summed E-state index contributed by atoms with van der Waals surface area (Å²) in [5, 5.41) is 2.49. The van der Waals surface area contributed by atoms with Gasteiger partial charge in [0.05, 0.1) is 12.7 Å². The van der Waals surface area contributed by atoms with Crippen LogP contribution in [0.3, 0.4) is 0 Å². The van der Waals surface area contributed by atoms with Crippen molar-refractivity contribution in [2.45, 2.75) is 20.4 Å². The van der Waals surface area contributed by atoms with Crippen LogP contribution in [0.2, 0.25) is 0 Å². The minimum absolute atomic E-state index is 0.129. The molecule has 5 heteroatoms. The maximum absolute atomic E-state index is 12.4. The predicted octanol–water partition coefficient (Wildman–Crippen LogP) is 2.46. The number of aryl methyl sites for hydroxylation is 1. The number of benzene rings is 1. The van der Waals surface area contributed by atoms with Gasteiger partial charge in [0.1, 0.15) is 16.5 Å². The first-order valence-corrected chi connectivity index (χ1v) is 6.79. The number of carbonyl (C=O) groups excluding carboxylic acids is 1. The number of thiazole rings is 1. The van der Waals surface area contributed by atoms with E-state index in [1.165, 1.54) is 11.3 Å². The Balaban J connectivity index is 2.46. The number of carbonyl (C=O) groups is 1. The fourth-order valence-corrected chi connectivity index (χ4v) is 2.53. The lowest BCUT2D eigenvalue weighted by Gasteiger charge is -2.11. The maximum Gasteiger partial charge on any atom is 0.215 e. The molecule has 100 valence electrons. The van der Waals surface area contributed by atoms with Crippen LogP contribution in [0.15, 0.2) is 17.5 Å². The first kappa shape index (κ1) is 13.7. The number of hydrogen-bond acceptors (Lipinski definition) is 5. The zero-order chi connectivity index (χ0) is 14.0. The molecule has 1 aromatic carbocycles.